The van der Waals surface area contributed by atoms with Crippen LogP contribution < -0.4 is 10.0 Å². The van der Waals surface area contributed by atoms with Crippen LogP contribution in [0, 0.1) is 10.1 Å². The summed E-state index contributed by atoms with van der Waals surface area (Å²) in [5, 5.41) is 13.6. The molecule has 8 nitrogen and oxygen atoms in total. The fourth-order valence-electron chi connectivity index (χ4n) is 2.51. The van der Waals surface area contributed by atoms with Gasteiger partial charge in [0.05, 0.1) is 36.3 Å². The van der Waals surface area contributed by atoms with Crippen LogP contribution in [0.5, 0.6) is 0 Å². The molecule has 3 aromatic carbocycles. The number of nitro benzene ring substituents is 1. The predicted octanol–water partition coefficient (Wildman–Crippen LogP) is 5.61. The summed E-state index contributed by atoms with van der Waals surface area (Å²) in [6.07, 6.45) is 0. The van der Waals surface area contributed by atoms with Crippen LogP contribution in [-0.2, 0) is 10.0 Å². The zero-order valence-electron chi connectivity index (χ0n) is 15.3. The highest BCUT2D eigenvalue weighted by molar-refractivity contribution is 7.92. The molecule has 12 heteroatoms. The Kier molecular flexibility index (Phi) is 6.71. The second-order valence-electron chi connectivity index (χ2n) is 6.11. The molecular formula is C19H12Cl3N3O5S. The third-order valence-corrected chi connectivity index (χ3v) is 6.60. The molecule has 0 radical (unpaired) electrons. The van der Waals surface area contributed by atoms with Crippen molar-refractivity contribution in [3.63, 3.8) is 0 Å². The maximum absolute atomic E-state index is 12.7. The van der Waals surface area contributed by atoms with Gasteiger partial charge in [0, 0.05) is 17.7 Å². The summed E-state index contributed by atoms with van der Waals surface area (Å²) in [4.78, 5) is 22.5. The van der Waals surface area contributed by atoms with Crippen molar-refractivity contribution in [1.29, 1.82) is 0 Å². The molecule has 0 heterocycles. The van der Waals surface area contributed by atoms with E-state index in [0.29, 0.717) is 0 Å². The molecule has 0 fully saturated rings. The minimum Gasteiger partial charge on any atom is -0.320 e. The molecule has 0 saturated heterocycles. The Labute approximate surface area is 191 Å². The number of rotatable bonds is 6. The SMILES string of the molecule is O=C(Nc1ccccc1NS(=O)(=O)c1ccc([N+](=O)[O-])cc1)c1cc(Cl)c(Cl)c(Cl)c1. The third kappa shape index (κ3) is 5.26. The number of nitro groups is 1. The Hall–Kier alpha value is -2.85. The minimum atomic E-state index is -4.08. The largest absolute Gasteiger partial charge is 0.320 e. The molecule has 31 heavy (non-hydrogen) atoms. The summed E-state index contributed by atoms with van der Waals surface area (Å²) < 4.78 is 27.7. The molecule has 0 unspecified atom stereocenters. The Morgan fingerprint density at radius 2 is 1.45 bits per heavy atom. The number of hydrogen-bond acceptors (Lipinski definition) is 5. The summed E-state index contributed by atoms with van der Waals surface area (Å²) in [6.45, 7) is 0. The van der Waals surface area contributed by atoms with Crippen LogP contribution in [0.3, 0.4) is 0 Å². The molecule has 160 valence electrons. The lowest BCUT2D eigenvalue weighted by molar-refractivity contribution is -0.384. The average molecular weight is 501 g/mol. The van der Waals surface area contributed by atoms with Crippen LogP contribution in [0.15, 0.2) is 65.6 Å². The van der Waals surface area contributed by atoms with E-state index in [1.807, 2.05) is 0 Å². The molecule has 1 amide bonds. The van der Waals surface area contributed by atoms with Gasteiger partial charge >= 0.3 is 0 Å². The number of non-ortho nitro benzene ring substituents is 1. The van der Waals surface area contributed by atoms with E-state index in [9.17, 15) is 23.3 Å². The van der Waals surface area contributed by atoms with E-state index in [0.717, 1.165) is 24.3 Å². The molecule has 0 atom stereocenters. The van der Waals surface area contributed by atoms with Gasteiger partial charge in [-0.3, -0.25) is 19.6 Å². The molecule has 3 rings (SSSR count). The molecule has 0 aliphatic carbocycles. The van der Waals surface area contributed by atoms with Gasteiger partial charge in [-0.05, 0) is 36.4 Å². The van der Waals surface area contributed by atoms with Gasteiger partial charge in [-0.1, -0.05) is 46.9 Å². The van der Waals surface area contributed by atoms with Crippen LogP contribution in [0.4, 0.5) is 17.1 Å². The second-order valence-corrected chi connectivity index (χ2v) is 8.98. The molecule has 3 aromatic rings. The van der Waals surface area contributed by atoms with Crippen molar-refractivity contribution in [2.75, 3.05) is 10.0 Å². The van der Waals surface area contributed by atoms with Crippen molar-refractivity contribution < 1.29 is 18.1 Å². The summed E-state index contributed by atoms with van der Waals surface area (Å²) in [6, 6.07) is 13.1. The standard InChI is InChI=1S/C19H12Cl3N3O5S/c20-14-9-11(10-15(21)18(14)22)19(26)23-16-3-1-2-4-17(16)24-31(29,30)13-7-5-12(6-8-13)25(27)28/h1-10,24H,(H,23,26). The number of para-hydroxylation sites is 2. The molecular weight excluding hydrogens is 489 g/mol. The van der Waals surface area contributed by atoms with E-state index in [1.54, 1.807) is 12.1 Å². The number of hydrogen-bond donors (Lipinski definition) is 2. The Balaban J connectivity index is 1.86. The predicted molar refractivity (Wildman–Crippen MR) is 120 cm³/mol. The molecule has 0 spiro atoms. The van der Waals surface area contributed by atoms with Crippen LogP contribution in [0.25, 0.3) is 0 Å². The number of amides is 1. The number of nitrogens with zero attached hydrogens (tertiary/aromatic N) is 1. The van der Waals surface area contributed by atoms with Gasteiger partial charge in [-0.25, -0.2) is 8.42 Å². The van der Waals surface area contributed by atoms with E-state index in [2.05, 4.69) is 10.0 Å². The number of carbonyl (C=O) groups excluding carboxylic acids is 1. The van der Waals surface area contributed by atoms with Crippen LogP contribution in [-0.4, -0.2) is 19.2 Å². The first-order valence-electron chi connectivity index (χ1n) is 8.40. The second kappa shape index (κ2) is 9.11. The zero-order chi connectivity index (χ0) is 22.8. The van der Waals surface area contributed by atoms with Gasteiger partial charge in [0.2, 0.25) is 0 Å². The van der Waals surface area contributed by atoms with Crippen molar-refractivity contribution in [1.82, 2.24) is 0 Å². The number of nitrogens with one attached hydrogen (secondary N) is 2. The maximum atomic E-state index is 12.7. The first kappa shape index (κ1) is 22.8. The normalized spacial score (nSPS) is 11.1. The van der Waals surface area contributed by atoms with Crippen molar-refractivity contribution in [2.45, 2.75) is 4.90 Å². The van der Waals surface area contributed by atoms with Crippen molar-refractivity contribution in [2.24, 2.45) is 0 Å². The Morgan fingerprint density at radius 1 is 0.903 bits per heavy atom. The minimum absolute atomic E-state index is 0.0837. The van der Waals surface area contributed by atoms with Gasteiger partial charge in [-0.15, -0.1) is 0 Å². The Morgan fingerprint density at radius 3 is 2.00 bits per heavy atom. The molecule has 0 aliphatic heterocycles. The Bertz CT molecular complexity index is 1260. The lowest BCUT2D eigenvalue weighted by Gasteiger charge is -2.14. The van der Waals surface area contributed by atoms with Gasteiger partial charge in [0.15, 0.2) is 0 Å². The van der Waals surface area contributed by atoms with E-state index < -0.39 is 20.9 Å². The van der Waals surface area contributed by atoms with E-state index in [1.165, 1.54) is 24.3 Å². The fourth-order valence-corrected chi connectivity index (χ4v) is 4.19. The van der Waals surface area contributed by atoms with E-state index in [-0.39, 0.29) is 42.6 Å². The third-order valence-electron chi connectivity index (χ3n) is 4.02. The lowest BCUT2D eigenvalue weighted by Crippen LogP contribution is -2.17. The molecule has 0 aliphatic rings. The average Bonchev–Trinajstić information content (AvgIpc) is 2.72. The summed E-state index contributed by atoms with van der Waals surface area (Å²) in [5.74, 6) is -0.595. The monoisotopic (exact) mass is 499 g/mol. The molecule has 0 bridgehead atoms. The number of anilines is 2. The van der Waals surface area contributed by atoms with Crippen LogP contribution in [0.1, 0.15) is 10.4 Å². The lowest BCUT2D eigenvalue weighted by atomic mass is 10.2. The van der Waals surface area contributed by atoms with Crippen molar-refractivity contribution >= 4 is 67.8 Å². The number of sulfonamides is 1. The number of carbonyl (C=O) groups is 1. The van der Waals surface area contributed by atoms with Crippen molar-refractivity contribution in [3.8, 4) is 0 Å². The summed E-state index contributed by atoms with van der Waals surface area (Å²) in [5.41, 5.74) is 0.125. The summed E-state index contributed by atoms with van der Waals surface area (Å²) in [7, 11) is -4.08. The topological polar surface area (TPSA) is 118 Å². The van der Waals surface area contributed by atoms with Gasteiger partial charge in [0.25, 0.3) is 21.6 Å². The van der Waals surface area contributed by atoms with Gasteiger partial charge in [0.1, 0.15) is 0 Å². The zero-order valence-corrected chi connectivity index (χ0v) is 18.4. The first-order valence-corrected chi connectivity index (χ1v) is 11.0. The molecule has 0 saturated carbocycles. The number of halogens is 3. The maximum Gasteiger partial charge on any atom is 0.269 e. The number of benzene rings is 3. The van der Waals surface area contributed by atoms with E-state index >= 15 is 0 Å². The van der Waals surface area contributed by atoms with Gasteiger partial charge in [-0.2, -0.15) is 0 Å². The van der Waals surface area contributed by atoms with Crippen LogP contribution in [0.2, 0.25) is 15.1 Å². The highest BCUT2D eigenvalue weighted by atomic mass is 35.5. The first-order chi connectivity index (χ1) is 14.6. The molecule has 0 aromatic heterocycles. The smallest absolute Gasteiger partial charge is 0.269 e. The fraction of sp³-hybridized carbons (Fsp3) is 0. The molecule has 2 N–H and O–H groups in total. The van der Waals surface area contributed by atoms with Gasteiger partial charge < -0.3 is 5.32 Å². The quantitative estimate of drug-likeness (QED) is 0.259. The summed E-state index contributed by atoms with van der Waals surface area (Å²) >= 11 is 17.8. The van der Waals surface area contributed by atoms with E-state index in [4.69, 9.17) is 34.8 Å². The highest BCUT2D eigenvalue weighted by Gasteiger charge is 2.19. The van der Waals surface area contributed by atoms with Crippen molar-refractivity contribution in [3.05, 3.63) is 91.4 Å². The highest BCUT2D eigenvalue weighted by Crippen LogP contribution is 2.32. The van der Waals surface area contributed by atoms with Crippen LogP contribution >= 0.6 is 34.8 Å².